The highest BCUT2D eigenvalue weighted by Crippen LogP contribution is 2.06. The SMILES string of the molecule is CCN(CC(=O)NC)Cc1ccc(C#N)cc1. The van der Waals surface area contributed by atoms with Gasteiger partial charge in [0.1, 0.15) is 0 Å². The predicted octanol–water partition coefficient (Wildman–Crippen LogP) is 1.13. The van der Waals surface area contributed by atoms with Crippen LogP contribution in [-0.4, -0.2) is 30.9 Å². The highest BCUT2D eigenvalue weighted by atomic mass is 16.1. The third-order valence-corrected chi connectivity index (χ3v) is 2.58. The molecule has 0 unspecified atom stereocenters. The number of nitrogens with zero attached hydrogens (tertiary/aromatic N) is 2. The second kappa shape index (κ2) is 6.66. The molecule has 0 saturated heterocycles. The number of hydrogen-bond acceptors (Lipinski definition) is 3. The molecule has 1 amide bonds. The van der Waals surface area contributed by atoms with E-state index < -0.39 is 0 Å². The highest BCUT2D eigenvalue weighted by Gasteiger charge is 2.07. The third kappa shape index (κ3) is 4.25. The molecule has 90 valence electrons. The summed E-state index contributed by atoms with van der Waals surface area (Å²) in [7, 11) is 1.64. The fraction of sp³-hybridized carbons (Fsp3) is 0.385. The Labute approximate surface area is 102 Å². The molecular weight excluding hydrogens is 214 g/mol. The third-order valence-electron chi connectivity index (χ3n) is 2.58. The summed E-state index contributed by atoms with van der Waals surface area (Å²) in [5, 5.41) is 11.3. The number of nitriles is 1. The summed E-state index contributed by atoms with van der Waals surface area (Å²) in [6.45, 7) is 3.95. The molecule has 1 N–H and O–H groups in total. The van der Waals surface area contributed by atoms with Crippen LogP contribution in [0.15, 0.2) is 24.3 Å². The van der Waals surface area contributed by atoms with Gasteiger partial charge in [0.15, 0.2) is 0 Å². The summed E-state index contributed by atoms with van der Waals surface area (Å²) < 4.78 is 0. The fourth-order valence-electron chi connectivity index (χ4n) is 1.50. The van der Waals surface area contributed by atoms with Gasteiger partial charge in [0.25, 0.3) is 0 Å². The summed E-state index contributed by atoms with van der Waals surface area (Å²) in [6.07, 6.45) is 0. The van der Waals surface area contributed by atoms with Gasteiger partial charge in [-0.05, 0) is 24.2 Å². The van der Waals surface area contributed by atoms with E-state index in [4.69, 9.17) is 5.26 Å². The molecule has 0 heterocycles. The van der Waals surface area contributed by atoms with Crippen molar-refractivity contribution in [3.05, 3.63) is 35.4 Å². The van der Waals surface area contributed by atoms with Gasteiger partial charge in [-0.25, -0.2) is 0 Å². The van der Waals surface area contributed by atoms with Crippen molar-refractivity contribution in [2.45, 2.75) is 13.5 Å². The predicted molar refractivity (Wildman–Crippen MR) is 66.2 cm³/mol. The van der Waals surface area contributed by atoms with Crippen molar-refractivity contribution in [2.24, 2.45) is 0 Å². The van der Waals surface area contributed by atoms with E-state index in [1.54, 1.807) is 19.2 Å². The second-order valence-corrected chi connectivity index (χ2v) is 3.79. The minimum absolute atomic E-state index is 0.0143. The van der Waals surface area contributed by atoms with Crippen LogP contribution < -0.4 is 5.32 Å². The van der Waals surface area contributed by atoms with Gasteiger partial charge in [0, 0.05) is 13.6 Å². The van der Waals surface area contributed by atoms with Crippen molar-refractivity contribution in [3.8, 4) is 6.07 Å². The molecule has 0 aliphatic heterocycles. The molecule has 0 radical (unpaired) electrons. The monoisotopic (exact) mass is 231 g/mol. The molecule has 1 aromatic carbocycles. The molecule has 17 heavy (non-hydrogen) atoms. The minimum Gasteiger partial charge on any atom is -0.358 e. The zero-order chi connectivity index (χ0) is 12.7. The van der Waals surface area contributed by atoms with Crippen LogP contribution >= 0.6 is 0 Å². The number of hydrogen-bond donors (Lipinski definition) is 1. The molecule has 0 fully saturated rings. The van der Waals surface area contributed by atoms with E-state index >= 15 is 0 Å². The molecule has 1 aromatic rings. The van der Waals surface area contributed by atoms with Gasteiger partial charge >= 0.3 is 0 Å². The van der Waals surface area contributed by atoms with Gasteiger partial charge in [-0.3, -0.25) is 9.69 Å². The van der Waals surface area contributed by atoms with Crippen LogP contribution in [0.5, 0.6) is 0 Å². The van der Waals surface area contributed by atoms with Gasteiger partial charge < -0.3 is 5.32 Å². The lowest BCUT2D eigenvalue weighted by Crippen LogP contribution is -2.35. The summed E-state index contributed by atoms with van der Waals surface area (Å²) in [6, 6.07) is 9.52. The second-order valence-electron chi connectivity index (χ2n) is 3.79. The molecule has 0 aromatic heterocycles. The lowest BCUT2D eigenvalue weighted by atomic mass is 10.1. The number of rotatable bonds is 5. The van der Waals surface area contributed by atoms with E-state index in [-0.39, 0.29) is 5.91 Å². The number of carbonyl (C=O) groups is 1. The maximum atomic E-state index is 11.3. The zero-order valence-corrected chi connectivity index (χ0v) is 10.2. The fourth-order valence-corrected chi connectivity index (χ4v) is 1.50. The van der Waals surface area contributed by atoms with Crippen molar-refractivity contribution in [1.29, 1.82) is 5.26 Å². The summed E-state index contributed by atoms with van der Waals surface area (Å²) in [4.78, 5) is 13.3. The largest absolute Gasteiger partial charge is 0.358 e. The molecule has 4 heteroatoms. The van der Waals surface area contributed by atoms with Crippen LogP contribution in [0.4, 0.5) is 0 Å². The molecule has 0 bridgehead atoms. The van der Waals surface area contributed by atoms with E-state index in [2.05, 4.69) is 11.4 Å². The van der Waals surface area contributed by atoms with E-state index in [0.29, 0.717) is 12.1 Å². The first-order chi connectivity index (χ1) is 8.19. The molecule has 1 rings (SSSR count). The van der Waals surface area contributed by atoms with E-state index in [9.17, 15) is 4.79 Å². The molecule has 0 aliphatic rings. The number of amides is 1. The van der Waals surface area contributed by atoms with Crippen LogP contribution in [0.25, 0.3) is 0 Å². The van der Waals surface area contributed by atoms with E-state index in [0.717, 1.165) is 18.7 Å². The Bertz CT molecular complexity index is 406. The average Bonchev–Trinajstić information content (AvgIpc) is 2.38. The lowest BCUT2D eigenvalue weighted by molar-refractivity contribution is -0.121. The lowest BCUT2D eigenvalue weighted by Gasteiger charge is -2.19. The van der Waals surface area contributed by atoms with Crippen molar-refractivity contribution >= 4 is 5.91 Å². The van der Waals surface area contributed by atoms with Crippen LogP contribution in [0.2, 0.25) is 0 Å². The Morgan fingerprint density at radius 1 is 1.41 bits per heavy atom. The number of carbonyl (C=O) groups excluding carboxylic acids is 1. The Morgan fingerprint density at radius 2 is 2.06 bits per heavy atom. The van der Waals surface area contributed by atoms with Crippen molar-refractivity contribution in [1.82, 2.24) is 10.2 Å². The van der Waals surface area contributed by atoms with Gasteiger partial charge in [0.05, 0.1) is 18.2 Å². The van der Waals surface area contributed by atoms with Gasteiger partial charge in [-0.1, -0.05) is 19.1 Å². The molecule has 0 atom stereocenters. The first kappa shape index (κ1) is 13.2. The maximum Gasteiger partial charge on any atom is 0.233 e. The first-order valence-corrected chi connectivity index (χ1v) is 5.61. The Kier molecular flexibility index (Phi) is 5.18. The molecule has 0 spiro atoms. The van der Waals surface area contributed by atoms with Gasteiger partial charge in [-0.2, -0.15) is 5.26 Å². The molecule has 0 aliphatic carbocycles. The molecular formula is C13H17N3O. The first-order valence-electron chi connectivity index (χ1n) is 5.61. The standard InChI is InChI=1S/C13H17N3O/c1-3-16(10-13(17)15-2)9-12-6-4-11(8-14)5-7-12/h4-7H,3,9-10H2,1-2H3,(H,15,17). The molecule has 0 saturated carbocycles. The summed E-state index contributed by atoms with van der Waals surface area (Å²) in [5.41, 5.74) is 1.76. The van der Waals surface area contributed by atoms with Crippen molar-refractivity contribution in [3.63, 3.8) is 0 Å². The van der Waals surface area contributed by atoms with Crippen LogP contribution in [0, 0.1) is 11.3 Å². The Morgan fingerprint density at radius 3 is 2.53 bits per heavy atom. The topological polar surface area (TPSA) is 56.1 Å². The summed E-state index contributed by atoms with van der Waals surface area (Å²) >= 11 is 0. The van der Waals surface area contributed by atoms with Crippen molar-refractivity contribution < 1.29 is 4.79 Å². The number of likely N-dealkylation sites (N-methyl/N-ethyl adjacent to an activating group) is 2. The zero-order valence-electron chi connectivity index (χ0n) is 10.2. The Balaban J connectivity index is 2.61. The van der Waals surface area contributed by atoms with Gasteiger partial charge in [0.2, 0.25) is 5.91 Å². The summed E-state index contributed by atoms with van der Waals surface area (Å²) in [5.74, 6) is 0.0143. The molecule has 4 nitrogen and oxygen atoms in total. The minimum atomic E-state index is 0.0143. The smallest absolute Gasteiger partial charge is 0.233 e. The van der Waals surface area contributed by atoms with Crippen LogP contribution in [0.1, 0.15) is 18.1 Å². The normalized spacial score (nSPS) is 10.0. The van der Waals surface area contributed by atoms with Crippen LogP contribution in [0.3, 0.4) is 0 Å². The number of nitrogens with one attached hydrogen (secondary N) is 1. The van der Waals surface area contributed by atoms with Crippen molar-refractivity contribution in [2.75, 3.05) is 20.1 Å². The Hall–Kier alpha value is -1.86. The van der Waals surface area contributed by atoms with E-state index in [1.165, 1.54) is 0 Å². The van der Waals surface area contributed by atoms with Crippen LogP contribution in [-0.2, 0) is 11.3 Å². The average molecular weight is 231 g/mol. The maximum absolute atomic E-state index is 11.3. The highest BCUT2D eigenvalue weighted by molar-refractivity contribution is 5.77. The quantitative estimate of drug-likeness (QED) is 0.826. The number of benzene rings is 1. The van der Waals surface area contributed by atoms with E-state index in [1.807, 2.05) is 24.0 Å². The van der Waals surface area contributed by atoms with Gasteiger partial charge in [-0.15, -0.1) is 0 Å².